The molecule has 3 aromatic carbocycles. The summed E-state index contributed by atoms with van der Waals surface area (Å²) in [7, 11) is 0. The number of carbonyl (C=O) groups excluding carboxylic acids is 2. The van der Waals surface area contributed by atoms with Crippen LogP contribution in [0.3, 0.4) is 0 Å². The molecule has 0 spiro atoms. The summed E-state index contributed by atoms with van der Waals surface area (Å²) in [4.78, 5) is 26.3. The largest absolute Gasteiger partial charge is 0.488 e. The lowest BCUT2D eigenvalue weighted by molar-refractivity contribution is -0.113. The van der Waals surface area contributed by atoms with Crippen LogP contribution < -0.4 is 15.0 Å². The average Bonchev–Trinajstić information content (AvgIpc) is 3.02. The quantitative estimate of drug-likeness (QED) is 0.412. The molecule has 150 valence electrons. The van der Waals surface area contributed by atoms with Crippen LogP contribution >= 0.6 is 23.2 Å². The summed E-state index contributed by atoms with van der Waals surface area (Å²) in [6, 6.07) is 20.6. The Kier molecular flexibility index (Phi) is 5.74. The van der Waals surface area contributed by atoms with Crippen molar-refractivity contribution in [3.63, 3.8) is 0 Å². The molecular formula is C23H16Cl2N2O3. The summed E-state index contributed by atoms with van der Waals surface area (Å²) in [6.45, 7) is 0.275. The number of urea groups is 1. The van der Waals surface area contributed by atoms with Crippen LogP contribution in [0, 0.1) is 0 Å². The highest BCUT2D eigenvalue weighted by molar-refractivity contribution is 6.31. The van der Waals surface area contributed by atoms with Gasteiger partial charge in [-0.2, -0.15) is 0 Å². The Hall–Kier alpha value is -3.28. The minimum absolute atomic E-state index is 0.156. The van der Waals surface area contributed by atoms with Crippen LogP contribution in [0.2, 0.25) is 10.0 Å². The molecule has 1 heterocycles. The highest BCUT2D eigenvalue weighted by Crippen LogP contribution is 2.27. The van der Waals surface area contributed by atoms with Crippen molar-refractivity contribution in [2.75, 3.05) is 4.90 Å². The van der Waals surface area contributed by atoms with E-state index in [1.807, 2.05) is 30.3 Å². The van der Waals surface area contributed by atoms with E-state index in [1.165, 1.54) is 0 Å². The molecule has 0 aromatic heterocycles. The van der Waals surface area contributed by atoms with Gasteiger partial charge in [0, 0.05) is 21.2 Å². The first kappa shape index (κ1) is 20.0. The van der Waals surface area contributed by atoms with E-state index in [4.69, 9.17) is 27.9 Å². The Morgan fingerprint density at radius 1 is 0.900 bits per heavy atom. The monoisotopic (exact) mass is 438 g/mol. The Labute approximate surface area is 183 Å². The number of nitrogens with zero attached hydrogens (tertiary/aromatic N) is 1. The molecule has 1 fully saturated rings. The van der Waals surface area contributed by atoms with Crippen molar-refractivity contribution in [3.8, 4) is 5.75 Å². The maximum absolute atomic E-state index is 12.8. The molecule has 0 atom stereocenters. The number of amides is 3. The van der Waals surface area contributed by atoms with Crippen molar-refractivity contribution in [1.29, 1.82) is 0 Å². The summed E-state index contributed by atoms with van der Waals surface area (Å²) < 4.78 is 5.92. The predicted octanol–water partition coefficient (Wildman–Crippen LogP) is 5.67. The third kappa shape index (κ3) is 4.17. The van der Waals surface area contributed by atoms with Gasteiger partial charge < -0.3 is 10.1 Å². The lowest BCUT2D eigenvalue weighted by Gasteiger charge is -2.12. The van der Waals surface area contributed by atoms with Crippen molar-refractivity contribution in [2.24, 2.45) is 0 Å². The molecule has 3 aromatic rings. The van der Waals surface area contributed by atoms with Crippen LogP contribution in [0.1, 0.15) is 11.1 Å². The first-order valence-electron chi connectivity index (χ1n) is 9.11. The fourth-order valence-electron chi connectivity index (χ4n) is 3.02. The summed E-state index contributed by atoms with van der Waals surface area (Å²) in [5.41, 5.74) is 2.10. The number of para-hydroxylation sites is 1. The number of ether oxygens (including phenoxy) is 1. The van der Waals surface area contributed by atoms with Crippen molar-refractivity contribution in [1.82, 2.24) is 5.32 Å². The molecule has 0 saturated carbocycles. The topological polar surface area (TPSA) is 58.6 Å². The molecule has 30 heavy (non-hydrogen) atoms. The summed E-state index contributed by atoms with van der Waals surface area (Å²) in [5.74, 6) is 0.111. The molecule has 0 unspecified atom stereocenters. The van der Waals surface area contributed by atoms with Gasteiger partial charge in [-0.15, -0.1) is 0 Å². The molecule has 3 amide bonds. The summed E-state index contributed by atoms with van der Waals surface area (Å²) >= 11 is 12.1. The number of hydrogen-bond donors (Lipinski definition) is 1. The highest BCUT2D eigenvalue weighted by Gasteiger charge is 2.34. The van der Waals surface area contributed by atoms with Crippen molar-refractivity contribution in [2.45, 2.75) is 6.61 Å². The summed E-state index contributed by atoms with van der Waals surface area (Å²) in [5, 5.41) is 3.75. The van der Waals surface area contributed by atoms with E-state index in [2.05, 4.69) is 5.32 Å². The van der Waals surface area contributed by atoms with E-state index in [9.17, 15) is 9.59 Å². The molecule has 4 rings (SSSR count). The zero-order valence-electron chi connectivity index (χ0n) is 15.6. The molecule has 0 bridgehead atoms. The van der Waals surface area contributed by atoms with Crippen LogP contribution in [-0.4, -0.2) is 11.9 Å². The van der Waals surface area contributed by atoms with Gasteiger partial charge in [-0.25, -0.2) is 9.69 Å². The first-order chi connectivity index (χ1) is 14.5. The third-order valence-corrected chi connectivity index (χ3v) is 5.14. The van der Waals surface area contributed by atoms with Gasteiger partial charge in [0.1, 0.15) is 18.1 Å². The SMILES string of the molecule is O=C1N/C(=C/c2ccccc2OCc2ccccc2Cl)C(=O)N1c1ccc(Cl)cc1. The first-order valence-corrected chi connectivity index (χ1v) is 9.86. The second-order valence-corrected chi connectivity index (χ2v) is 7.37. The maximum Gasteiger partial charge on any atom is 0.333 e. The number of anilines is 1. The second kappa shape index (κ2) is 8.61. The highest BCUT2D eigenvalue weighted by atomic mass is 35.5. The number of halogens is 2. The number of benzene rings is 3. The normalized spacial score (nSPS) is 14.9. The second-order valence-electron chi connectivity index (χ2n) is 6.52. The molecular weight excluding hydrogens is 423 g/mol. The fourth-order valence-corrected chi connectivity index (χ4v) is 3.33. The summed E-state index contributed by atoms with van der Waals surface area (Å²) in [6.07, 6.45) is 1.60. The molecule has 5 nitrogen and oxygen atoms in total. The van der Waals surface area contributed by atoms with Gasteiger partial charge >= 0.3 is 6.03 Å². The van der Waals surface area contributed by atoms with E-state index in [0.29, 0.717) is 27.0 Å². The smallest absolute Gasteiger partial charge is 0.333 e. The molecule has 1 N–H and O–H groups in total. The maximum atomic E-state index is 12.8. The van der Waals surface area contributed by atoms with Crippen LogP contribution in [0.15, 0.2) is 78.5 Å². The van der Waals surface area contributed by atoms with Gasteiger partial charge in [0.2, 0.25) is 0 Å². The fraction of sp³-hybridized carbons (Fsp3) is 0.0435. The lowest BCUT2D eigenvalue weighted by Crippen LogP contribution is -2.30. The van der Waals surface area contributed by atoms with E-state index >= 15 is 0 Å². The van der Waals surface area contributed by atoms with Gasteiger partial charge in [-0.05, 0) is 42.5 Å². The number of carbonyl (C=O) groups is 2. The van der Waals surface area contributed by atoms with Gasteiger partial charge in [-0.3, -0.25) is 4.79 Å². The van der Waals surface area contributed by atoms with Gasteiger partial charge in [0.25, 0.3) is 5.91 Å². The third-order valence-electron chi connectivity index (χ3n) is 4.52. The lowest BCUT2D eigenvalue weighted by atomic mass is 10.1. The molecule has 7 heteroatoms. The predicted molar refractivity (Wildman–Crippen MR) is 118 cm³/mol. The van der Waals surface area contributed by atoms with Crippen LogP contribution in [-0.2, 0) is 11.4 Å². The number of hydrogen-bond acceptors (Lipinski definition) is 3. The van der Waals surface area contributed by atoms with Crippen LogP contribution in [0.5, 0.6) is 5.75 Å². The molecule has 0 aliphatic carbocycles. The Balaban J connectivity index is 1.58. The number of nitrogens with one attached hydrogen (secondary N) is 1. The Bertz CT molecular complexity index is 1140. The Morgan fingerprint density at radius 3 is 2.37 bits per heavy atom. The van der Waals surface area contributed by atoms with Crippen LogP contribution in [0.25, 0.3) is 6.08 Å². The van der Waals surface area contributed by atoms with E-state index in [1.54, 1.807) is 48.5 Å². The number of imide groups is 1. The van der Waals surface area contributed by atoms with Crippen molar-refractivity contribution >= 4 is 46.9 Å². The minimum Gasteiger partial charge on any atom is -0.488 e. The van der Waals surface area contributed by atoms with Gasteiger partial charge in [0.15, 0.2) is 0 Å². The van der Waals surface area contributed by atoms with Gasteiger partial charge in [0.05, 0.1) is 5.69 Å². The molecule has 1 aliphatic rings. The van der Waals surface area contributed by atoms with Crippen molar-refractivity contribution < 1.29 is 14.3 Å². The molecule has 1 aliphatic heterocycles. The zero-order chi connectivity index (χ0) is 21.1. The molecule has 1 saturated heterocycles. The number of rotatable bonds is 5. The van der Waals surface area contributed by atoms with Crippen LogP contribution in [0.4, 0.5) is 10.5 Å². The van der Waals surface area contributed by atoms with E-state index < -0.39 is 11.9 Å². The standard InChI is InChI=1S/C23H16Cl2N2O3/c24-17-9-11-18(12-10-17)27-22(28)20(26-23(27)29)13-15-5-2-4-8-21(15)30-14-16-6-1-3-7-19(16)25/h1-13H,14H2,(H,26,29)/b20-13+. The molecule has 0 radical (unpaired) electrons. The van der Waals surface area contributed by atoms with E-state index in [-0.39, 0.29) is 12.3 Å². The van der Waals surface area contributed by atoms with Gasteiger partial charge in [-0.1, -0.05) is 59.6 Å². The van der Waals surface area contributed by atoms with E-state index in [0.717, 1.165) is 10.5 Å². The van der Waals surface area contributed by atoms with Crippen molar-refractivity contribution in [3.05, 3.63) is 99.7 Å². The minimum atomic E-state index is -0.525. The zero-order valence-corrected chi connectivity index (χ0v) is 17.2. The Morgan fingerprint density at radius 2 is 1.60 bits per heavy atom. The average molecular weight is 439 g/mol.